The van der Waals surface area contributed by atoms with Crippen LogP contribution in [0.3, 0.4) is 0 Å². The normalized spacial score (nSPS) is 43.1. The molecule has 3 fully saturated rings. The van der Waals surface area contributed by atoms with Gasteiger partial charge in [-0.15, -0.1) is 0 Å². The van der Waals surface area contributed by atoms with Crippen molar-refractivity contribution in [3.63, 3.8) is 0 Å². The van der Waals surface area contributed by atoms with Crippen LogP contribution in [0.1, 0.15) is 25.7 Å². The lowest BCUT2D eigenvalue weighted by Gasteiger charge is -2.46. The Morgan fingerprint density at radius 2 is 1.68 bits per heavy atom. The molecule has 0 aliphatic carbocycles. The van der Waals surface area contributed by atoms with Crippen molar-refractivity contribution in [2.45, 2.75) is 49.6 Å². The number of urea groups is 1. The van der Waals surface area contributed by atoms with Crippen molar-refractivity contribution in [1.29, 1.82) is 0 Å². The van der Waals surface area contributed by atoms with Crippen molar-refractivity contribution in [2.75, 3.05) is 13.2 Å². The molecular weight excluding hydrogens is 255 g/mol. The summed E-state index contributed by atoms with van der Waals surface area (Å²) in [5, 5.41) is 4.55. The third kappa shape index (κ3) is 1.92. The summed E-state index contributed by atoms with van der Waals surface area (Å²) in [7, 11) is 0. The van der Waals surface area contributed by atoms with Gasteiger partial charge in [-0.05, 0) is 25.7 Å². The van der Waals surface area contributed by atoms with Crippen LogP contribution < -0.4 is 10.6 Å². The number of imide groups is 1. The van der Waals surface area contributed by atoms with Crippen molar-refractivity contribution < 1.29 is 23.5 Å². The minimum absolute atomic E-state index is 0.513. The molecule has 3 amide bonds. The quantitative estimate of drug-likeness (QED) is 0.756. The summed E-state index contributed by atoms with van der Waals surface area (Å²) in [6, 6.07) is -0.676. The fourth-order valence-electron chi connectivity index (χ4n) is 3.29. The van der Waals surface area contributed by atoms with E-state index in [2.05, 4.69) is 5.32 Å². The second-order valence-corrected chi connectivity index (χ2v) is 5.24. The summed E-state index contributed by atoms with van der Waals surface area (Å²) in [4.78, 5) is 23.3. The summed E-state index contributed by atoms with van der Waals surface area (Å²) in [6.45, 7) is 1.03. The van der Waals surface area contributed by atoms with Gasteiger partial charge in [-0.3, -0.25) is 10.1 Å². The number of ether oxygens (including phenoxy) is 2. The zero-order chi connectivity index (χ0) is 13.5. The van der Waals surface area contributed by atoms with E-state index in [0.29, 0.717) is 26.1 Å². The predicted molar refractivity (Wildman–Crippen MR) is 62.2 cm³/mol. The minimum atomic E-state index is -1.85. The molecule has 7 heteroatoms. The standard InChI is InChI=1S/C12H17FN2O4/c13-9-10(16)14-11(17)15-12(9,7-3-1-5-18-7)8-4-2-6-19-8/h7-9H,1-6H2,(H2,14,15,16,17). The highest BCUT2D eigenvalue weighted by molar-refractivity contribution is 6.00. The maximum absolute atomic E-state index is 14.6. The molecule has 0 spiro atoms. The molecule has 0 saturated carbocycles. The number of nitrogens with one attached hydrogen (secondary N) is 2. The van der Waals surface area contributed by atoms with Crippen LogP contribution in [0.4, 0.5) is 9.18 Å². The molecule has 3 unspecified atom stereocenters. The van der Waals surface area contributed by atoms with E-state index in [-0.39, 0.29) is 0 Å². The fourth-order valence-corrected chi connectivity index (χ4v) is 3.29. The fraction of sp³-hybridized carbons (Fsp3) is 0.833. The van der Waals surface area contributed by atoms with E-state index in [0.717, 1.165) is 12.8 Å². The monoisotopic (exact) mass is 272 g/mol. The second kappa shape index (κ2) is 4.72. The van der Waals surface area contributed by atoms with E-state index < -0.39 is 35.9 Å². The number of alkyl halides is 1. The Hall–Kier alpha value is -1.21. The van der Waals surface area contributed by atoms with Gasteiger partial charge < -0.3 is 14.8 Å². The lowest BCUT2D eigenvalue weighted by atomic mass is 9.77. The van der Waals surface area contributed by atoms with Gasteiger partial charge >= 0.3 is 6.03 Å². The highest BCUT2D eigenvalue weighted by Gasteiger charge is 2.60. The summed E-state index contributed by atoms with van der Waals surface area (Å²) in [6.07, 6.45) is -0.0495. The Morgan fingerprint density at radius 1 is 1.11 bits per heavy atom. The molecule has 0 aromatic heterocycles. The first-order chi connectivity index (χ1) is 9.14. The minimum Gasteiger partial charge on any atom is -0.376 e. The van der Waals surface area contributed by atoms with Gasteiger partial charge in [0.1, 0.15) is 5.54 Å². The summed E-state index contributed by atoms with van der Waals surface area (Å²) < 4.78 is 25.7. The van der Waals surface area contributed by atoms with E-state index in [9.17, 15) is 14.0 Å². The topological polar surface area (TPSA) is 76.7 Å². The van der Waals surface area contributed by atoms with Crippen LogP contribution >= 0.6 is 0 Å². The highest BCUT2D eigenvalue weighted by atomic mass is 19.1. The Labute approximate surface area is 110 Å². The van der Waals surface area contributed by atoms with Gasteiger partial charge in [0.2, 0.25) is 6.17 Å². The molecule has 3 saturated heterocycles. The molecule has 3 aliphatic heterocycles. The van der Waals surface area contributed by atoms with E-state index in [1.54, 1.807) is 0 Å². The van der Waals surface area contributed by atoms with Crippen LogP contribution in [0.2, 0.25) is 0 Å². The van der Waals surface area contributed by atoms with Crippen LogP contribution in [0.5, 0.6) is 0 Å². The summed E-state index contributed by atoms with van der Waals surface area (Å²) in [5.74, 6) is -0.908. The third-order valence-corrected chi connectivity index (χ3v) is 4.14. The van der Waals surface area contributed by atoms with E-state index in [1.807, 2.05) is 5.32 Å². The third-order valence-electron chi connectivity index (χ3n) is 4.14. The zero-order valence-electron chi connectivity index (χ0n) is 10.5. The summed E-state index contributed by atoms with van der Waals surface area (Å²) >= 11 is 0. The van der Waals surface area contributed by atoms with Gasteiger partial charge in [-0.25, -0.2) is 9.18 Å². The Kier molecular flexibility index (Phi) is 3.18. The predicted octanol–water partition coefficient (Wildman–Crippen LogP) is 0.261. The Morgan fingerprint density at radius 3 is 2.16 bits per heavy atom. The largest absolute Gasteiger partial charge is 0.376 e. The van der Waals surface area contributed by atoms with Gasteiger partial charge in [0.15, 0.2) is 0 Å². The number of carbonyl (C=O) groups excluding carboxylic acids is 2. The van der Waals surface area contributed by atoms with E-state index >= 15 is 0 Å². The first-order valence-corrected chi connectivity index (χ1v) is 6.65. The Balaban J connectivity index is 1.98. The van der Waals surface area contributed by atoms with Crippen molar-refractivity contribution in [1.82, 2.24) is 10.6 Å². The van der Waals surface area contributed by atoms with Crippen molar-refractivity contribution in [3.8, 4) is 0 Å². The van der Waals surface area contributed by atoms with Crippen molar-refractivity contribution in [3.05, 3.63) is 0 Å². The molecule has 2 N–H and O–H groups in total. The number of halogens is 1. The number of carbonyl (C=O) groups is 2. The number of hydrogen-bond donors (Lipinski definition) is 2. The molecule has 0 aromatic carbocycles. The first kappa shape index (κ1) is 12.8. The van der Waals surface area contributed by atoms with Gasteiger partial charge in [-0.1, -0.05) is 0 Å². The smallest absolute Gasteiger partial charge is 0.322 e. The summed E-state index contributed by atoms with van der Waals surface area (Å²) in [5.41, 5.74) is -1.38. The number of hydrogen-bond acceptors (Lipinski definition) is 4. The van der Waals surface area contributed by atoms with Gasteiger partial charge in [0, 0.05) is 13.2 Å². The van der Waals surface area contributed by atoms with Crippen LogP contribution in [-0.2, 0) is 14.3 Å². The molecule has 106 valence electrons. The first-order valence-electron chi connectivity index (χ1n) is 6.65. The molecule has 3 aliphatic rings. The molecule has 0 bridgehead atoms. The van der Waals surface area contributed by atoms with Crippen molar-refractivity contribution >= 4 is 11.9 Å². The maximum Gasteiger partial charge on any atom is 0.322 e. The van der Waals surface area contributed by atoms with Crippen molar-refractivity contribution in [2.24, 2.45) is 0 Å². The van der Waals surface area contributed by atoms with Gasteiger partial charge in [0.05, 0.1) is 12.2 Å². The van der Waals surface area contributed by atoms with E-state index in [4.69, 9.17) is 9.47 Å². The van der Waals surface area contributed by atoms with Crippen LogP contribution in [-0.4, -0.2) is 49.1 Å². The highest BCUT2D eigenvalue weighted by Crippen LogP contribution is 2.38. The molecule has 3 atom stereocenters. The SMILES string of the molecule is O=C1NC(=O)C(F)C(C2CCCO2)(C2CCCO2)N1. The lowest BCUT2D eigenvalue weighted by Crippen LogP contribution is -2.76. The van der Waals surface area contributed by atoms with Gasteiger partial charge in [0.25, 0.3) is 5.91 Å². The molecule has 0 aromatic rings. The number of rotatable bonds is 2. The average Bonchev–Trinajstić information content (AvgIpc) is 3.05. The lowest BCUT2D eigenvalue weighted by molar-refractivity contribution is -0.142. The molecule has 3 rings (SSSR count). The second-order valence-electron chi connectivity index (χ2n) is 5.24. The number of amides is 3. The van der Waals surface area contributed by atoms with Crippen LogP contribution in [0.15, 0.2) is 0 Å². The zero-order valence-corrected chi connectivity index (χ0v) is 10.5. The Bertz CT molecular complexity index is 375. The van der Waals surface area contributed by atoms with E-state index in [1.165, 1.54) is 0 Å². The molecule has 3 heterocycles. The average molecular weight is 272 g/mol. The molecule has 19 heavy (non-hydrogen) atoms. The van der Waals surface area contributed by atoms with Crippen LogP contribution in [0.25, 0.3) is 0 Å². The molecular formula is C12H17FN2O4. The van der Waals surface area contributed by atoms with Crippen LogP contribution in [0, 0.1) is 0 Å². The van der Waals surface area contributed by atoms with Gasteiger partial charge in [-0.2, -0.15) is 0 Å². The molecule has 6 nitrogen and oxygen atoms in total. The molecule has 0 radical (unpaired) electrons. The maximum atomic E-state index is 14.6.